The summed E-state index contributed by atoms with van der Waals surface area (Å²) in [6, 6.07) is 13.6. The molecular weight excluding hydrogens is 398 g/mol. The molecule has 2 N–H and O–H groups in total. The van der Waals surface area contributed by atoms with Gasteiger partial charge in [0.15, 0.2) is 0 Å². The van der Waals surface area contributed by atoms with E-state index in [4.69, 9.17) is 16.3 Å². The number of methoxy groups -OCH3 is 1. The third-order valence-electron chi connectivity index (χ3n) is 5.78. The normalized spacial score (nSPS) is 16.0. The van der Waals surface area contributed by atoms with E-state index in [-0.39, 0.29) is 12.1 Å². The smallest absolute Gasteiger partial charge is 0.318 e. The first-order chi connectivity index (χ1) is 14.5. The number of carbonyl (C=O) groups is 1. The molecule has 1 unspecified atom stereocenters. The lowest BCUT2D eigenvalue weighted by Gasteiger charge is -2.36. The summed E-state index contributed by atoms with van der Waals surface area (Å²) in [6.45, 7) is 5.65. The molecule has 1 aromatic heterocycles. The topological polar surface area (TPSA) is 57.4 Å². The zero-order valence-corrected chi connectivity index (χ0v) is 18.4. The number of benzene rings is 2. The predicted octanol–water partition coefficient (Wildman–Crippen LogP) is 5.53. The zero-order valence-electron chi connectivity index (χ0n) is 17.7. The molecule has 5 nitrogen and oxygen atoms in total. The first-order valence-corrected chi connectivity index (χ1v) is 10.8. The first-order valence-electron chi connectivity index (χ1n) is 10.5. The summed E-state index contributed by atoms with van der Waals surface area (Å²) in [5, 5.41) is 4.96. The van der Waals surface area contributed by atoms with Gasteiger partial charge in [-0.25, -0.2) is 4.79 Å². The molecule has 2 amide bonds. The average Bonchev–Trinajstić information content (AvgIpc) is 3.10. The van der Waals surface area contributed by atoms with Gasteiger partial charge >= 0.3 is 6.03 Å². The van der Waals surface area contributed by atoms with Gasteiger partial charge in [-0.1, -0.05) is 37.6 Å². The van der Waals surface area contributed by atoms with Gasteiger partial charge in [-0.2, -0.15) is 0 Å². The van der Waals surface area contributed by atoms with Crippen molar-refractivity contribution in [1.29, 1.82) is 0 Å². The SMILES string of the molecule is COc1ccc(C2c3[nH]c4ccc(Cl)cc4c3CCN2C(=O)NCCC(C)C)cc1. The van der Waals surface area contributed by atoms with Gasteiger partial charge in [-0.05, 0) is 60.2 Å². The number of nitrogens with zero attached hydrogens (tertiary/aromatic N) is 1. The van der Waals surface area contributed by atoms with E-state index in [2.05, 4.69) is 24.1 Å². The molecule has 6 heteroatoms. The number of hydrogen-bond acceptors (Lipinski definition) is 2. The Morgan fingerprint density at radius 3 is 2.73 bits per heavy atom. The molecule has 1 aliphatic rings. The Labute approximate surface area is 182 Å². The summed E-state index contributed by atoms with van der Waals surface area (Å²) >= 11 is 6.26. The maximum absolute atomic E-state index is 13.1. The van der Waals surface area contributed by atoms with Crippen molar-refractivity contribution < 1.29 is 9.53 Å². The number of nitrogens with one attached hydrogen (secondary N) is 2. The highest BCUT2D eigenvalue weighted by Gasteiger charge is 2.34. The average molecular weight is 426 g/mol. The number of rotatable bonds is 5. The number of aromatic amines is 1. The van der Waals surface area contributed by atoms with Crippen LogP contribution in [0, 0.1) is 5.92 Å². The molecule has 2 heterocycles. The quantitative estimate of drug-likeness (QED) is 0.564. The third kappa shape index (κ3) is 3.99. The first kappa shape index (κ1) is 20.6. The molecule has 1 atom stereocenters. The van der Waals surface area contributed by atoms with Gasteiger partial charge in [-0.3, -0.25) is 0 Å². The van der Waals surface area contributed by atoms with Crippen LogP contribution in [0.2, 0.25) is 5.02 Å². The molecule has 0 saturated carbocycles. The van der Waals surface area contributed by atoms with Crippen LogP contribution >= 0.6 is 11.6 Å². The minimum atomic E-state index is -0.190. The van der Waals surface area contributed by atoms with Crippen LogP contribution in [0.15, 0.2) is 42.5 Å². The maximum Gasteiger partial charge on any atom is 0.318 e. The molecular formula is C24H28ClN3O2. The lowest BCUT2D eigenvalue weighted by molar-refractivity contribution is 0.179. The Hall–Kier alpha value is -2.66. The molecule has 0 radical (unpaired) electrons. The van der Waals surface area contributed by atoms with E-state index in [9.17, 15) is 4.79 Å². The fourth-order valence-electron chi connectivity index (χ4n) is 4.18. The van der Waals surface area contributed by atoms with Crippen LogP contribution in [0.1, 0.15) is 43.1 Å². The molecule has 3 aromatic rings. The van der Waals surface area contributed by atoms with Gasteiger partial charge in [0.05, 0.1) is 13.2 Å². The predicted molar refractivity (Wildman–Crippen MR) is 121 cm³/mol. The molecule has 1 aliphatic heterocycles. The van der Waals surface area contributed by atoms with Crippen molar-refractivity contribution in [3.8, 4) is 5.75 Å². The second-order valence-electron chi connectivity index (χ2n) is 8.24. The van der Waals surface area contributed by atoms with Crippen molar-refractivity contribution in [2.75, 3.05) is 20.2 Å². The van der Waals surface area contributed by atoms with E-state index in [1.165, 1.54) is 5.56 Å². The van der Waals surface area contributed by atoms with Crippen LogP contribution < -0.4 is 10.1 Å². The number of aromatic nitrogens is 1. The number of amides is 2. The number of carbonyl (C=O) groups excluding carboxylic acids is 1. The molecule has 0 fully saturated rings. The summed E-state index contributed by atoms with van der Waals surface area (Å²) in [4.78, 5) is 18.6. The zero-order chi connectivity index (χ0) is 21.3. The molecule has 0 saturated heterocycles. The molecule has 4 rings (SSSR count). The van der Waals surface area contributed by atoms with Crippen LogP contribution in [-0.4, -0.2) is 36.1 Å². The second kappa shape index (κ2) is 8.60. The highest BCUT2D eigenvalue weighted by molar-refractivity contribution is 6.31. The third-order valence-corrected chi connectivity index (χ3v) is 6.01. The van der Waals surface area contributed by atoms with Crippen molar-refractivity contribution in [1.82, 2.24) is 15.2 Å². The van der Waals surface area contributed by atoms with E-state index in [1.807, 2.05) is 47.4 Å². The Bertz CT molecular complexity index is 1040. The van der Waals surface area contributed by atoms with Crippen molar-refractivity contribution in [2.24, 2.45) is 5.92 Å². The van der Waals surface area contributed by atoms with Crippen molar-refractivity contribution in [3.63, 3.8) is 0 Å². The van der Waals surface area contributed by atoms with E-state index in [0.717, 1.165) is 45.8 Å². The van der Waals surface area contributed by atoms with E-state index >= 15 is 0 Å². The molecule has 0 bridgehead atoms. The van der Waals surface area contributed by atoms with Gasteiger partial charge in [0.2, 0.25) is 0 Å². The molecule has 158 valence electrons. The van der Waals surface area contributed by atoms with E-state index < -0.39 is 0 Å². The number of ether oxygens (including phenoxy) is 1. The lowest BCUT2D eigenvalue weighted by Crippen LogP contribution is -2.46. The largest absolute Gasteiger partial charge is 0.497 e. The van der Waals surface area contributed by atoms with Gasteiger partial charge in [0, 0.05) is 34.7 Å². The minimum Gasteiger partial charge on any atom is -0.497 e. The lowest BCUT2D eigenvalue weighted by atomic mass is 9.92. The minimum absolute atomic E-state index is 0.0289. The van der Waals surface area contributed by atoms with Crippen LogP contribution in [0.4, 0.5) is 4.79 Å². The Morgan fingerprint density at radius 2 is 2.03 bits per heavy atom. The van der Waals surface area contributed by atoms with Crippen LogP contribution in [0.25, 0.3) is 10.9 Å². The highest BCUT2D eigenvalue weighted by atomic mass is 35.5. The molecule has 2 aromatic carbocycles. The monoisotopic (exact) mass is 425 g/mol. The summed E-state index contributed by atoms with van der Waals surface area (Å²) in [6.07, 6.45) is 1.75. The summed E-state index contributed by atoms with van der Waals surface area (Å²) in [7, 11) is 1.66. The fraction of sp³-hybridized carbons (Fsp3) is 0.375. The standard InChI is InChI=1S/C24H28ClN3O2/c1-15(2)10-12-26-24(29)28-13-11-19-20-14-17(25)6-9-21(20)27-22(19)23(28)16-4-7-18(30-3)8-5-16/h4-9,14-15,23,27H,10-13H2,1-3H3,(H,26,29). The van der Waals surface area contributed by atoms with Gasteiger partial charge in [0.1, 0.15) is 5.75 Å². The summed E-state index contributed by atoms with van der Waals surface area (Å²) in [5.41, 5.74) is 4.39. The van der Waals surface area contributed by atoms with Crippen LogP contribution in [0.3, 0.4) is 0 Å². The number of hydrogen-bond donors (Lipinski definition) is 2. The maximum atomic E-state index is 13.1. The number of urea groups is 1. The fourth-order valence-corrected chi connectivity index (χ4v) is 4.35. The highest BCUT2D eigenvalue weighted by Crippen LogP contribution is 2.39. The summed E-state index contributed by atoms with van der Waals surface area (Å²) in [5.74, 6) is 1.35. The van der Waals surface area contributed by atoms with Crippen LogP contribution in [0.5, 0.6) is 5.75 Å². The van der Waals surface area contributed by atoms with Gasteiger partial charge in [0.25, 0.3) is 0 Å². The molecule has 0 aliphatic carbocycles. The Morgan fingerprint density at radius 1 is 1.27 bits per heavy atom. The van der Waals surface area contributed by atoms with E-state index in [1.54, 1.807) is 7.11 Å². The van der Waals surface area contributed by atoms with Gasteiger partial charge < -0.3 is 19.9 Å². The Balaban J connectivity index is 1.74. The number of halogens is 1. The van der Waals surface area contributed by atoms with Gasteiger partial charge in [-0.15, -0.1) is 0 Å². The molecule has 30 heavy (non-hydrogen) atoms. The second-order valence-corrected chi connectivity index (χ2v) is 8.68. The number of fused-ring (bicyclic) bond motifs is 3. The van der Waals surface area contributed by atoms with Crippen molar-refractivity contribution in [3.05, 3.63) is 64.3 Å². The summed E-state index contributed by atoms with van der Waals surface area (Å²) < 4.78 is 5.32. The van der Waals surface area contributed by atoms with Crippen LogP contribution in [-0.2, 0) is 6.42 Å². The Kier molecular flexibility index (Phi) is 5.91. The van der Waals surface area contributed by atoms with Crippen molar-refractivity contribution >= 4 is 28.5 Å². The van der Waals surface area contributed by atoms with Crippen molar-refractivity contribution in [2.45, 2.75) is 32.7 Å². The molecule has 0 spiro atoms. The van der Waals surface area contributed by atoms with E-state index in [0.29, 0.717) is 19.0 Å². The number of H-pyrrole nitrogens is 1.